The summed E-state index contributed by atoms with van der Waals surface area (Å²) < 4.78 is 10.6. The first kappa shape index (κ1) is 15.7. The lowest BCUT2D eigenvalue weighted by Gasteiger charge is -2.06. The number of nitrogens with one attached hydrogen (secondary N) is 1. The van der Waals surface area contributed by atoms with Gasteiger partial charge in [-0.3, -0.25) is 4.79 Å². The molecule has 4 nitrogen and oxygen atoms in total. The van der Waals surface area contributed by atoms with E-state index in [-0.39, 0.29) is 12.7 Å². The number of ether oxygens (including phenoxy) is 2. The molecule has 0 saturated carbocycles. The molecule has 2 aromatic rings. The number of amides is 1. The van der Waals surface area contributed by atoms with Gasteiger partial charge in [-0.15, -0.1) is 0 Å². The highest BCUT2D eigenvalue weighted by atomic mass is 35.5. The summed E-state index contributed by atoms with van der Waals surface area (Å²) in [6, 6.07) is 13.4. The van der Waals surface area contributed by atoms with E-state index in [9.17, 15) is 4.79 Å². The number of aryl methyl sites for hydroxylation is 1. The summed E-state index contributed by atoms with van der Waals surface area (Å²) in [5.41, 5.74) is 2.19. The van der Waals surface area contributed by atoms with Crippen LogP contribution in [0.2, 0.25) is 5.02 Å². The summed E-state index contributed by atoms with van der Waals surface area (Å²) in [4.78, 5) is 11.9. The van der Waals surface area contributed by atoms with Gasteiger partial charge in [-0.05, 0) is 48.2 Å². The minimum Gasteiger partial charge on any atom is -0.454 e. The summed E-state index contributed by atoms with van der Waals surface area (Å²) in [6.45, 7) is 0.882. The van der Waals surface area contributed by atoms with Crippen molar-refractivity contribution < 1.29 is 14.3 Å². The summed E-state index contributed by atoms with van der Waals surface area (Å²) in [5.74, 6) is 1.60. The molecule has 0 aliphatic carbocycles. The molecule has 120 valence electrons. The molecular formula is C18H18ClNO3. The van der Waals surface area contributed by atoms with E-state index < -0.39 is 0 Å². The Morgan fingerprint density at radius 2 is 1.87 bits per heavy atom. The fourth-order valence-electron chi connectivity index (χ4n) is 2.48. The Morgan fingerprint density at radius 1 is 1.04 bits per heavy atom. The van der Waals surface area contributed by atoms with Crippen molar-refractivity contribution in [3.05, 3.63) is 58.6 Å². The first-order chi connectivity index (χ1) is 11.2. The van der Waals surface area contributed by atoms with Crippen molar-refractivity contribution in [2.75, 3.05) is 13.3 Å². The largest absolute Gasteiger partial charge is 0.454 e. The third-order valence-electron chi connectivity index (χ3n) is 3.70. The van der Waals surface area contributed by atoms with Crippen LogP contribution in [0.3, 0.4) is 0 Å². The fraction of sp³-hybridized carbons (Fsp3) is 0.278. The van der Waals surface area contributed by atoms with Crippen LogP contribution < -0.4 is 14.8 Å². The maximum absolute atomic E-state index is 11.9. The van der Waals surface area contributed by atoms with Crippen LogP contribution >= 0.6 is 11.6 Å². The third kappa shape index (κ3) is 4.39. The topological polar surface area (TPSA) is 47.6 Å². The number of benzene rings is 2. The van der Waals surface area contributed by atoms with E-state index in [1.165, 1.54) is 0 Å². The normalized spacial score (nSPS) is 12.2. The number of halogens is 1. The Morgan fingerprint density at radius 3 is 2.74 bits per heavy atom. The highest BCUT2D eigenvalue weighted by Gasteiger charge is 2.13. The highest BCUT2D eigenvalue weighted by Crippen LogP contribution is 2.32. The van der Waals surface area contributed by atoms with Crippen molar-refractivity contribution in [3.63, 3.8) is 0 Å². The molecule has 1 heterocycles. The minimum atomic E-state index is 0.0470. The number of fused-ring (bicyclic) bond motifs is 1. The van der Waals surface area contributed by atoms with Gasteiger partial charge < -0.3 is 14.8 Å². The van der Waals surface area contributed by atoms with Crippen molar-refractivity contribution in [1.29, 1.82) is 0 Å². The van der Waals surface area contributed by atoms with Crippen LogP contribution in [0.25, 0.3) is 0 Å². The van der Waals surface area contributed by atoms with Crippen LogP contribution in [0.4, 0.5) is 0 Å². The van der Waals surface area contributed by atoms with E-state index in [1.807, 2.05) is 42.5 Å². The van der Waals surface area contributed by atoms with E-state index >= 15 is 0 Å². The maximum atomic E-state index is 11.9. The summed E-state index contributed by atoms with van der Waals surface area (Å²) in [7, 11) is 0. The molecule has 0 radical (unpaired) electrons. The molecule has 1 aliphatic rings. The zero-order valence-corrected chi connectivity index (χ0v) is 13.4. The molecule has 0 atom stereocenters. The van der Waals surface area contributed by atoms with Crippen LogP contribution in [0.5, 0.6) is 11.5 Å². The van der Waals surface area contributed by atoms with Gasteiger partial charge in [-0.2, -0.15) is 0 Å². The average Bonchev–Trinajstić information content (AvgIpc) is 3.01. The van der Waals surface area contributed by atoms with Crippen LogP contribution in [0.15, 0.2) is 42.5 Å². The van der Waals surface area contributed by atoms with Crippen molar-refractivity contribution >= 4 is 17.5 Å². The molecule has 5 heteroatoms. The Balaban J connectivity index is 1.41. The van der Waals surface area contributed by atoms with E-state index in [1.54, 1.807) is 0 Å². The molecule has 1 aliphatic heterocycles. The van der Waals surface area contributed by atoms with Gasteiger partial charge >= 0.3 is 0 Å². The molecule has 0 saturated heterocycles. The van der Waals surface area contributed by atoms with Gasteiger partial charge in [0.2, 0.25) is 12.7 Å². The van der Waals surface area contributed by atoms with Crippen molar-refractivity contribution in [1.82, 2.24) is 5.32 Å². The molecule has 0 spiro atoms. The molecule has 23 heavy (non-hydrogen) atoms. The van der Waals surface area contributed by atoms with Crippen LogP contribution in [0, 0.1) is 0 Å². The van der Waals surface area contributed by atoms with Gasteiger partial charge in [0.25, 0.3) is 0 Å². The predicted molar refractivity (Wildman–Crippen MR) is 89.1 cm³/mol. The van der Waals surface area contributed by atoms with E-state index in [4.69, 9.17) is 21.1 Å². The first-order valence-corrected chi connectivity index (χ1v) is 7.98. The molecule has 3 rings (SSSR count). The number of hydrogen-bond donors (Lipinski definition) is 1. The van der Waals surface area contributed by atoms with Gasteiger partial charge in [0, 0.05) is 18.0 Å². The smallest absolute Gasteiger partial charge is 0.231 e. The van der Waals surface area contributed by atoms with E-state index in [2.05, 4.69) is 5.32 Å². The predicted octanol–water partition coefficient (Wildman–Crippen LogP) is 3.36. The average molecular weight is 332 g/mol. The lowest BCUT2D eigenvalue weighted by molar-refractivity contribution is -0.121. The zero-order chi connectivity index (χ0) is 16.1. The molecular weight excluding hydrogens is 314 g/mol. The third-order valence-corrected chi connectivity index (χ3v) is 3.94. The van der Waals surface area contributed by atoms with Gasteiger partial charge in [0.1, 0.15) is 0 Å². The monoisotopic (exact) mass is 331 g/mol. The van der Waals surface area contributed by atoms with Crippen LogP contribution in [-0.4, -0.2) is 19.2 Å². The Bertz CT molecular complexity index is 702. The molecule has 2 aromatic carbocycles. The molecule has 0 fully saturated rings. The Kier molecular flexibility index (Phi) is 5.03. The molecule has 0 aromatic heterocycles. The Hall–Kier alpha value is -2.20. The second-order valence-corrected chi connectivity index (χ2v) is 5.85. The van der Waals surface area contributed by atoms with Gasteiger partial charge in [-0.25, -0.2) is 0 Å². The lowest BCUT2D eigenvalue weighted by Crippen LogP contribution is -2.25. The van der Waals surface area contributed by atoms with E-state index in [0.717, 1.165) is 29.0 Å². The zero-order valence-electron chi connectivity index (χ0n) is 12.7. The lowest BCUT2D eigenvalue weighted by atomic mass is 10.1. The standard InChI is InChI=1S/C18H18ClNO3/c19-15-3-1-2-13(10-15)5-7-18(21)20-9-8-14-4-6-16-17(11-14)23-12-22-16/h1-4,6,10-11H,5,7-9,12H2,(H,20,21). The number of carbonyl (C=O) groups excluding carboxylic acids is 1. The molecule has 1 N–H and O–H groups in total. The summed E-state index contributed by atoms with van der Waals surface area (Å²) in [6.07, 6.45) is 1.91. The van der Waals surface area contributed by atoms with Gasteiger partial charge in [0.15, 0.2) is 11.5 Å². The van der Waals surface area contributed by atoms with Gasteiger partial charge in [-0.1, -0.05) is 29.8 Å². The van der Waals surface area contributed by atoms with Crippen molar-refractivity contribution in [2.45, 2.75) is 19.3 Å². The van der Waals surface area contributed by atoms with Crippen LogP contribution in [0.1, 0.15) is 17.5 Å². The minimum absolute atomic E-state index is 0.0470. The summed E-state index contributed by atoms with van der Waals surface area (Å²) >= 11 is 5.93. The second-order valence-electron chi connectivity index (χ2n) is 5.42. The first-order valence-electron chi connectivity index (χ1n) is 7.60. The highest BCUT2D eigenvalue weighted by molar-refractivity contribution is 6.30. The Labute approximate surface area is 140 Å². The van der Waals surface area contributed by atoms with Crippen molar-refractivity contribution in [2.24, 2.45) is 0 Å². The second kappa shape index (κ2) is 7.38. The van der Waals surface area contributed by atoms with Crippen molar-refractivity contribution in [3.8, 4) is 11.5 Å². The van der Waals surface area contributed by atoms with E-state index in [0.29, 0.717) is 24.4 Å². The number of rotatable bonds is 6. The molecule has 1 amide bonds. The molecule has 0 bridgehead atoms. The molecule has 0 unspecified atom stereocenters. The number of carbonyl (C=O) groups is 1. The SMILES string of the molecule is O=C(CCc1cccc(Cl)c1)NCCc1ccc2c(c1)OCO2. The van der Waals surface area contributed by atoms with Crippen LogP contribution in [-0.2, 0) is 17.6 Å². The number of hydrogen-bond acceptors (Lipinski definition) is 3. The van der Waals surface area contributed by atoms with Gasteiger partial charge in [0.05, 0.1) is 0 Å². The summed E-state index contributed by atoms with van der Waals surface area (Å²) in [5, 5.41) is 3.64. The quantitative estimate of drug-likeness (QED) is 0.883. The maximum Gasteiger partial charge on any atom is 0.231 e. The fourth-order valence-corrected chi connectivity index (χ4v) is 2.69.